The molecule has 5 rings (SSSR count). The Bertz CT molecular complexity index is 558. The number of rotatable bonds is 3. The molecule has 4 heteroatoms. The molecule has 0 radical (unpaired) electrons. The topological polar surface area (TPSA) is 18.5 Å². The highest BCUT2D eigenvalue weighted by atomic mass is 79.9. The predicted molar refractivity (Wildman–Crippen MR) is 96.2 cm³/mol. The predicted octanol–water partition coefficient (Wildman–Crippen LogP) is 4.90. The number of halogens is 1. The van der Waals surface area contributed by atoms with E-state index in [-0.39, 0.29) is 18.3 Å². The molecule has 2 nitrogen and oxygen atoms in total. The van der Waals surface area contributed by atoms with Crippen molar-refractivity contribution in [3.05, 3.63) is 11.1 Å². The highest BCUT2D eigenvalue weighted by Crippen LogP contribution is 2.82. The van der Waals surface area contributed by atoms with Gasteiger partial charge in [-0.1, -0.05) is 22.5 Å². The molecular weight excluding hydrogens is 351 g/mol. The Morgan fingerprint density at radius 1 is 1.00 bits per heavy atom. The van der Waals surface area contributed by atoms with E-state index in [9.17, 15) is 0 Å². The molecule has 1 heterocycles. The summed E-state index contributed by atoms with van der Waals surface area (Å²) >= 11 is 3.62. The molecule has 0 bridgehead atoms. The Hall–Kier alpha value is 0.205. The molecule has 0 N–H and O–H groups in total. The van der Waals surface area contributed by atoms with Gasteiger partial charge in [0.25, 0.3) is 0 Å². The molecule has 5 fully saturated rings. The SMILES string of the molecule is C=C(Br)C[C@H]1[C@@H](B2OC(C)(C)C(C)(C)O2)[C@@H]2[C@H]3[C@@H]4CC[C@@H]4[C@H]3[C@H]12. The standard InChI is InChI=1S/C19H28BBrO2/c1-9(21)8-12-15-13-10-6-7-11(10)14(13)16(15)17(12)20-22-18(2,3)19(4,5)23-20/h10-17H,1,6-8H2,2-5H3/t10-,11+,12+,13+,14-,15-,16+,17+/m0/s1. The van der Waals surface area contributed by atoms with E-state index in [1.54, 1.807) is 0 Å². The van der Waals surface area contributed by atoms with Gasteiger partial charge in [0.2, 0.25) is 0 Å². The summed E-state index contributed by atoms with van der Waals surface area (Å²) in [7, 11) is -0.0156. The van der Waals surface area contributed by atoms with Crippen LogP contribution >= 0.6 is 15.9 Å². The van der Waals surface area contributed by atoms with Crippen molar-refractivity contribution in [2.24, 2.45) is 41.4 Å². The van der Waals surface area contributed by atoms with E-state index in [2.05, 4.69) is 50.2 Å². The first kappa shape index (κ1) is 15.5. The highest BCUT2D eigenvalue weighted by Gasteiger charge is 2.79. The second-order valence-electron chi connectivity index (χ2n) is 9.80. The summed E-state index contributed by atoms with van der Waals surface area (Å²) in [6.45, 7) is 12.8. The maximum atomic E-state index is 6.45. The summed E-state index contributed by atoms with van der Waals surface area (Å²) < 4.78 is 14.1. The molecule has 8 atom stereocenters. The van der Waals surface area contributed by atoms with Crippen molar-refractivity contribution < 1.29 is 9.31 Å². The number of hydrogen-bond donors (Lipinski definition) is 0. The van der Waals surface area contributed by atoms with E-state index in [0.29, 0.717) is 11.7 Å². The summed E-state index contributed by atoms with van der Waals surface area (Å²) in [5, 5.41) is 0. The second-order valence-corrected chi connectivity index (χ2v) is 10.9. The Balaban J connectivity index is 1.39. The zero-order valence-electron chi connectivity index (χ0n) is 14.7. The minimum absolute atomic E-state index is 0.0156. The van der Waals surface area contributed by atoms with Crippen LogP contribution in [0.5, 0.6) is 0 Å². The van der Waals surface area contributed by atoms with Crippen molar-refractivity contribution in [1.29, 1.82) is 0 Å². The Morgan fingerprint density at radius 3 is 2.00 bits per heavy atom. The lowest BCUT2D eigenvalue weighted by Crippen LogP contribution is -2.77. The molecule has 4 aliphatic carbocycles. The fourth-order valence-electron chi connectivity index (χ4n) is 6.82. The van der Waals surface area contributed by atoms with Crippen LogP contribution in [-0.4, -0.2) is 18.3 Å². The van der Waals surface area contributed by atoms with Crippen molar-refractivity contribution in [3.8, 4) is 0 Å². The minimum Gasteiger partial charge on any atom is -0.403 e. The van der Waals surface area contributed by atoms with Crippen LogP contribution in [0.4, 0.5) is 0 Å². The van der Waals surface area contributed by atoms with Crippen molar-refractivity contribution in [2.45, 2.75) is 64.0 Å². The van der Waals surface area contributed by atoms with Crippen LogP contribution in [0.2, 0.25) is 5.82 Å². The lowest BCUT2D eigenvalue weighted by Gasteiger charge is -2.81. The first-order valence-electron chi connectivity index (χ1n) is 9.42. The Morgan fingerprint density at radius 2 is 1.52 bits per heavy atom. The van der Waals surface area contributed by atoms with Crippen molar-refractivity contribution >= 4 is 23.0 Å². The first-order valence-corrected chi connectivity index (χ1v) is 10.2. The molecule has 1 saturated heterocycles. The van der Waals surface area contributed by atoms with Crippen LogP contribution in [-0.2, 0) is 9.31 Å². The molecule has 23 heavy (non-hydrogen) atoms. The maximum absolute atomic E-state index is 6.45. The van der Waals surface area contributed by atoms with E-state index in [4.69, 9.17) is 9.31 Å². The summed E-state index contributed by atoms with van der Waals surface area (Å²) in [5.74, 6) is 7.26. The van der Waals surface area contributed by atoms with Crippen LogP contribution in [0, 0.1) is 41.4 Å². The van der Waals surface area contributed by atoms with E-state index in [1.807, 2.05) is 0 Å². The van der Waals surface area contributed by atoms with Crippen molar-refractivity contribution in [3.63, 3.8) is 0 Å². The van der Waals surface area contributed by atoms with Gasteiger partial charge < -0.3 is 9.31 Å². The van der Waals surface area contributed by atoms with Crippen LogP contribution < -0.4 is 0 Å². The summed E-state index contributed by atoms with van der Waals surface area (Å²) in [6.07, 6.45) is 4.08. The molecule has 0 spiro atoms. The summed E-state index contributed by atoms with van der Waals surface area (Å²) in [4.78, 5) is 0. The van der Waals surface area contributed by atoms with E-state index in [0.717, 1.165) is 46.4 Å². The van der Waals surface area contributed by atoms with Crippen molar-refractivity contribution in [2.75, 3.05) is 0 Å². The van der Waals surface area contributed by atoms with Gasteiger partial charge in [0.05, 0.1) is 11.2 Å². The van der Waals surface area contributed by atoms with Gasteiger partial charge in [-0.15, -0.1) is 0 Å². The minimum atomic E-state index is -0.208. The van der Waals surface area contributed by atoms with E-state index in [1.165, 1.54) is 12.8 Å². The largest absolute Gasteiger partial charge is 0.461 e. The average molecular weight is 379 g/mol. The third kappa shape index (κ3) is 1.74. The molecule has 126 valence electrons. The number of allylic oxidation sites excluding steroid dienone is 1. The lowest BCUT2D eigenvalue weighted by atomic mass is 9.20. The van der Waals surface area contributed by atoms with Crippen LogP contribution in [0.15, 0.2) is 11.1 Å². The lowest BCUT2D eigenvalue weighted by molar-refractivity contribution is -0.311. The van der Waals surface area contributed by atoms with Gasteiger partial charge in [-0.3, -0.25) is 0 Å². The van der Waals surface area contributed by atoms with Gasteiger partial charge in [-0.05, 0) is 92.9 Å². The Kier molecular flexibility index (Phi) is 3.01. The smallest absolute Gasteiger partial charge is 0.403 e. The van der Waals surface area contributed by atoms with Gasteiger partial charge in [-0.2, -0.15) is 0 Å². The van der Waals surface area contributed by atoms with Gasteiger partial charge in [0.1, 0.15) is 0 Å². The fraction of sp³-hybridized carbons (Fsp3) is 0.895. The van der Waals surface area contributed by atoms with Crippen molar-refractivity contribution in [1.82, 2.24) is 0 Å². The zero-order valence-corrected chi connectivity index (χ0v) is 16.3. The molecule has 0 aromatic heterocycles. The summed E-state index contributed by atoms with van der Waals surface area (Å²) in [6, 6.07) is 0. The monoisotopic (exact) mass is 378 g/mol. The molecule has 0 amide bonds. The number of hydrogen-bond acceptors (Lipinski definition) is 2. The zero-order chi connectivity index (χ0) is 16.3. The second kappa shape index (κ2) is 4.48. The van der Waals surface area contributed by atoms with Gasteiger partial charge in [0, 0.05) is 5.82 Å². The van der Waals surface area contributed by atoms with E-state index < -0.39 is 0 Å². The molecule has 0 unspecified atom stereocenters. The normalized spacial score (nSPS) is 53.7. The molecule has 4 saturated carbocycles. The third-order valence-corrected chi connectivity index (χ3v) is 8.95. The van der Waals surface area contributed by atoms with Crippen LogP contribution in [0.25, 0.3) is 0 Å². The molecular formula is C19H28BBrO2. The van der Waals surface area contributed by atoms with Gasteiger partial charge in [-0.25, -0.2) is 0 Å². The molecule has 5 aliphatic rings. The summed E-state index contributed by atoms with van der Waals surface area (Å²) in [5.41, 5.74) is -0.416. The van der Waals surface area contributed by atoms with Crippen LogP contribution in [0.1, 0.15) is 47.0 Å². The molecule has 0 aromatic carbocycles. The molecule has 0 aromatic rings. The Labute approximate surface area is 149 Å². The highest BCUT2D eigenvalue weighted by molar-refractivity contribution is 9.11. The van der Waals surface area contributed by atoms with Crippen LogP contribution in [0.3, 0.4) is 0 Å². The van der Waals surface area contributed by atoms with E-state index >= 15 is 0 Å². The van der Waals surface area contributed by atoms with Gasteiger partial charge in [0.15, 0.2) is 0 Å². The molecule has 1 aliphatic heterocycles. The average Bonchev–Trinajstić information content (AvgIpc) is 2.58. The maximum Gasteiger partial charge on any atom is 0.461 e. The number of fused-ring (bicyclic) bond motifs is 7. The van der Waals surface area contributed by atoms with Gasteiger partial charge >= 0.3 is 7.12 Å². The third-order valence-electron chi connectivity index (χ3n) is 8.63. The fourth-order valence-corrected chi connectivity index (χ4v) is 7.20. The quantitative estimate of drug-likeness (QED) is 0.650. The first-order chi connectivity index (χ1) is 10.7.